The average Bonchev–Trinajstić information content (AvgIpc) is 3.28. The van der Waals surface area contributed by atoms with Crippen LogP contribution in [0, 0.1) is 5.92 Å². The zero-order valence-corrected chi connectivity index (χ0v) is 14.1. The quantitative estimate of drug-likeness (QED) is 0.830. The van der Waals surface area contributed by atoms with Gasteiger partial charge < -0.3 is 24.6 Å². The van der Waals surface area contributed by atoms with E-state index in [1.165, 1.54) is 0 Å². The lowest BCUT2D eigenvalue weighted by molar-refractivity contribution is 0.0399. The lowest BCUT2D eigenvalue weighted by Gasteiger charge is -2.31. The molecule has 3 aliphatic rings. The lowest BCUT2D eigenvalue weighted by Crippen LogP contribution is -2.43. The van der Waals surface area contributed by atoms with E-state index < -0.39 is 0 Å². The van der Waals surface area contributed by atoms with Gasteiger partial charge in [0, 0.05) is 56.5 Å². The van der Waals surface area contributed by atoms with Gasteiger partial charge in [-0.05, 0) is 31.0 Å². The van der Waals surface area contributed by atoms with Crippen molar-refractivity contribution in [3.05, 3.63) is 23.8 Å². The average molecular weight is 348 g/mol. The Balaban J connectivity index is 1.41. The molecule has 4 rings (SSSR count). The van der Waals surface area contributed by atoms with Gasteiger partial charge in [-0.15, -0.1) is 0 Å². The highest BCUT2D eigenvalue weighted by Crippen LogP contribution is 2.32. The van der Waals surface area contributed by atoms with Crippen LogP contribution in [0.2, 0.25) is 0 Å². The number of nitrogens with zero attached hydrogens (tertiary/aromatic N) is 1. The predicted octanol–water partition coefficient (Wildman–Crippen LogP) is 0.617. The molecule has 0 bridgehead atoms. The third-order valence-electron chi connectivity index (χ3n) is 5.36. The van der Waals surface area contributed by atoms with Crippen molar-refractivity contribution in [2.24, 2.45) is 5.92 Å². The molecule has 0 spiro atoms. The zero-order valence-electron chi connectivity index (χ0n) is 14.1. The van der Waals surface area contributed by atoms with Crippen molar-refractivity contribution in [1.29, 1.82) is 0 Å². The minimum absolute atomic E-state index is 0.0502. The number of hydrogen-bond donors (Lipinski definition) is 2. The normalized spacial score (nSPS) is 26.8. The summed E-state index contributed by atoms with van der Waals surface area (Å²) in [5.74, 6) is 1.18. The van der Waals surface area contributed by atoms with Gasteiger partial charge >= 0.3 is 0 Å². The maximum Gasteiger partial charge on any atom is 0.251 e. The minimum Gasteiger partial charge on any atom is -0.454 e. The number of aliphatic hydroxyl groups excluding tert-OH is 1. The molecule has 1 amide bonds. The molecule has 7 nitrogen and oxygen atoms in total. The van der Waals surface area contributed by atoms with E-state index >= 15 is 0 Å². The first kappa shape index (κ1) is 16.6. The van der Waals surface area contributed by atoms with Gasteiger partial charge in [0.05, 0.1) is 0 Å². The Morgan fingerprint density at radius 1 is 1.20 bits per heavy atom. The third kappa shape index (κ3) is 3.44. The molecule has 0 saturated carbocycles. The lowest BCUT2D eigenvalue weighted by atomic mass is 10.0. The number of amides is 1. The van der Waals surface area contributed by atoms with E-state index in [1.807, 2.05) is 0 Å². The van der Waals surface area contributed by atoms with Crippen LogP contribution in [0.25, 0.3) is 0 Å². The second-order valence-electron chi connectivity index (χ2n) is 6.89. The minimum atomic E-state index is -0.143. The van der Waals surface area contributed by atoms with Gasteiger partial charge in [-0.2, -0.15) is 0 Å². The molecule has 0 radical (unpaired) electrons. The van der Waals surface area contributed by atoms with Crippen LogP contribution in [-0.2, 0) is 4.74 Å². The molecule has 0 aliphatic carbocycles. The summed E-state index contributed by atoms with van der Waals surface area (Å²) in [6.07, 6.45) is 2.03. The number of carbonyl (C=O) groups excluding carboxylic acids is 1. The number of benzene rings is 1. The molecule has 0 aromatic heterocycles. The summed E-state index contributed by atoms with van der Waals surface area (Å²) in [5, 5.41) is 12.8. The van der Waals surface area contributed by atoms with Crippen molar-refractivity contribution in [2.75, 3.05) is 39.7 Å². The molecule has 3 heterocycles. The monoisotopic (exact) mass is 348 g/mol. The van der Waals surface area contributed by atoms with E-state index in [2.05, 4.69) is 10.2 Å². The number of nitrogens with one attached hydrogen (secondary N) is 1. The molecule has 2 saturated heterocycles. The van der Waals surface area contributed by atoms with Crippen LogP contribution in [0.4, 0.5) is 0 Å². The first-order valence-electron chi connectivity index (χ1n) is 8.88. The first-order chi connectivity index (χ1) is 12.2. The Bertz CT molecular complexity index is 632. The highest BCUT2D eigenvalue weighted by molar-refractivity contribution is 5.95. The Morgan fingerprint density at radius 2 is 2.00 bits per heavy atom. The van der Waals surface area contributed by atoms with E-state index in [-0.39, 0.29) is 31.3 Å². The van der Waals surface area contributed by atoms with Crippen LogP contribution in [-0.4, -0.2) is 67.7 Å². The maximum absolute atomic E-state index is 12.6. The fourth-order valence-corrected chi connectivity index (χ4v) is 3.89. The van der Waals surface area contributed by atoms with Gasteiger partial charge in [-0.25, -0.2) is 0 Å². The van der Waals surface area contributed by atoms with Gasteiger partial charge in [0.2, 0.25) is 6.79 Å². The van der Waals surface area contributed by atoms with Gasteiger partial charge in [0.25, 0.3) is 5.91 Å². The third-order valence-corrected chi connectivity index (χ3v) is 5.36. The molecule has 2 atom stereocenters. The van der Waals surface area contributed by atoms with Crippen LogP contribution in [0.15, 0.2) is 18.2 Å². The molecule has 2 N–H and O–H groups in total. The maximum atomic E-state index is 12.6. The van der Waals surface area contributed by atoms with Crippen molar-refractivity contribution in [3.8, 4) is 11.5 Å². The molecule has 2 fully saturated rings. The van der Waals surface area contributed by atoms with Crippen LogP contribution >= 0.6 is 0 Å². The topological polar surface area (TPSA) is 80.3 Å². The number of carbonyl (C=O) groups is 1. The summed E-state index contributed by atoms with van der Waals surface area (Å²) < 4.78 is 16.0. The van der Waals surface area contributed by atoms with E-state index in [9.17, 15) is 9.90 Å². The fraction of sp³-hybridized carbons (Fsp3) is 0.611. The first-order valence-corrected chi connectivity index (χ1v) is 8.88. The summed E-state index contributed by atoms with van der Waals surface area (Å²) in [6, 6.07) is 5.63. The molecular weight excluding hydrogens is 324 g/mol. The van der Waals surface area contributed by atoms with Crippen molar-refractivity contribution in [3.63, 3.8) is 0 Å². The van der Waals surface area contributed by atoms with Gasteiger partial charge in [0.15, 0.2) is 11.5 Å². The molecule has 1 aromatic carbocycles. The van der Waals surface area contributed by atoms with Crippen molar-refractivity contribution < 1.29 is 24.1 Å². The number of rotatable bonds is 4. The number of aliphatic hydroxyl groups is 1. The highest BCUT2D eigenvalue weighted by Gasteiger charge is 2.37. The summed E-state index contributed by atoms with van der Waals surface area (Å²) in [4.78, 5) is 15.0. The van der Waals surface area contributed by atoms with Gasteiger partial charge in [-0.3, -0.25) is 9.69 Å². The Kier molecular flexibility index (Phi) is 4.78. The van der Waals surface area contributed by atoms with E-state index in [0.717, 1.165) is 39.1 Å². The van der Waals surface area contributed by atoms with Crippen molar-refractivity contribution in [2.45, 2.75) is 24.9 Å². The number of likely N-dealkylation sites (tertiary alicyclic amines) is 1. The largest absolute Gasteiger partial charge is 0.454 e. The molecular formula is C18H24N2O5. The van der Waals surface area contributed by atoms with Crippen LogP contribution in [0.5, 0.6) is 11.5 Å². The predicted molar refractivity (Wildman–Crippen MR) is 89.8 cm³/mol. The van der Waals surface area contributed by atoms with Gasteiger partial charge in [-0.1, -0.05) is 0 Å². The molecule has 0 unspecified atom stereocenters. The van der Waals surface area contributed by atoms with Gasteiger partial charge in [0.1, 0.15) is 0 Å². The number of fused-ring (bicyclic) bond motifs is 1. The second kappa shape index (κ2) is 7.19. The molecule has 25 heavy (non-hydrogen) atoms. The van der Waals surface area contributed by atoms with Crippen LogP contribution in [0.3, 0.4) is 0 Å². The summed E-state index contributed by atoms with van der Waals surface area (Å²) in [7, 11) is 0. The summed E-state index contributed by atoms with van der Waals surface area (Å²) >= 11 is 0. The smallest absolute Gasteiger partial charge is 0.251 e. The van der Waals surface area contributed by atoms with Crippen molar-refractivity contribution >= 4 is 5.91 Å². The Hall–Kier alpha value is -1.83. The Morgan fingerprint density at radius 3 is 2.80 bits per heavy atom. The van der Waals surface area contributed by atoms with E-state index in [0.29, 0.717) is 23.1 Å². The van der Waals surface area contributed by atoms with Crippen molar-refractivity contribution in [1.82, 2.24) is 10.2 Å². The Labute approximate surface area is 146 Å². The number of ether oxygens (including phenoxy) is 3. The molecule has 7 heteroatoms. The molecule has 3 aliphatic heterocycles. The SMILES string of the molecule is O=C(N[C@@H]1CN(C2CCOCC2)C[C@H]1CO)c1ccc2c(c1)OCO2. The van der Waals surface area contributed by atoms with E-state index in [4.69, 9.17) is 14.2 Å². The van der Waals surface area contributed by atoms with Crippen LogP contribution in [0.1, 0.15) is 23.2 Å². The highest BCUT2D eigenvalue weighted by atomic mass is 16.7. The summed E-state index contributed by atoms with van der Waals surface area (Å²) in [5.41, 5.74) is 0.547. The summed E-state index contributed by atoms with van der Waals surface area (Å²) in [6.45, 7) is 3.43. The number of hydrogen-bond acceptors (Lipinski definition) is 6. The zero-order chi connectivity index (χ0) is 17.2. The molecule has 136 valence electrons. The standard InChI is InChI=1S/C18H24N2O5/c21-10-13-8-20(14-3-5-23-6-4-14)9-15(13)19-18(22)12-1-2-16-17(7-12)25-11-24-16/h1-2,7,13-15,21H,3-6,8-11H2,(H,19,22)/t13-,15+/m0/s1. The fourth-order valence-electron chi connectivity index (χ4n) is 3.89. The second-order valence-corrected chi connectivity index (χ2v) is 6.89. The molecule has 1 aromatic rings. The van der Waals surface area contributed by atoms with Crippen LogP contribution < -0.4 is 14.8 Å². The van der Waals surface area contributed by atoms with E-state index in [1.54, 1.807) is 18.2 Å².